The van der Waals surface area contributed by atoms with Gasteiger partial charge in [0.05, 0.1) is 6.54 Å². The molecular formula is C13H27N3O2. The molecule has 0 aliphatic carbocycles. The van der Waals surface area contributed by atoms with Crippen LogP contribution in [-0.4, -0.2) is 63.3 Å². The van der Waals surface area contributed by atoms with Crippen LogP contribution in [0.3, 0.4) is 0 Å². The molecule has 0 spiro atoms. The first-order valence-electron chi connectivity index (χ1n) is 6.96. The van der Waals surface area contributed by atoms with Crippen LogP contribution in [-0.2, 0) is 9.53 Å². The second kappa shape index (κ2) is 9.30. The quantitative estimate of drug-likeness (QED) is 0.604. The molecule has 0 aromatic carbocycles. The Morgan fingerprint density at radius 2 is 2.11 bits per heavy atom. The Bertz CT molecular complexity index is 228. The van der Waals surface area contributed by atoms with Gasteiger partial charge in [0.25, 0.3) is 0 Å². The van der Waals surface area contributed by atoms with Gasteiger partial charge >= 0.3 is 0 Å². The Kier molecular flexibility index (Phi) is 7.96. The van der Waals surface area contributed by atoms with Crippen molar-refractivity contribution in [2.24, 2.45) is 5.92 Å². The van der Waals surface area contributed by atoms with Crippen molar-refractivity contribution in [3.8, 4) is 0 Å². The lowest BCUT2D eigenvalue weighted by atomic mass is 10.2. The standard InChI is InChI=1S/C13H27N3O2/c1-12(2)11-18-9-3-4-15-13(17)10-16-7-5-14-6-8-16/h12,14H,3-11H2,1-2H3,(H,15,17). The molecule has 1 rings (SSSR count). The van der Waals surface area contributed by atoms with E-state index >= 15 is 0 Å². The number of rotatable bonds is 8. The molecule has 1 aliphatic heterocycles. The van der Waals surface area contributed by atoms with E-state index in [-0.39, 0.29) is 5.91 Å². The third kappa shape index (κ3) is 7.63. The van der Waals surface area contributed by atoms with Crippen LogP contribution in [0.5, 0.6) is 0 Å². The van der Waals surface area contributed by atoms with Crippen LogP contribution in [0, 0.1) is 5.92 Å². The molecule has 2 N–H and O–H groups in total. The lowest BCUT2D eigenvalue weighted by molar-refractivity contribution is -0.122. The van der Waals surface area contributed by atoms with Gasteiger partial charge in [-0.3, -0.25) is 9.69 Å². The maximum Gasteiger partial charge on any atom is 0.234 e. The number of nitrogens with zero attached hydrogens (tertiary/aromatic N) is 1. The molecule has 0 unspecified atom stereocenters. The molecule has 106 valence electrons. The van der Waals surface area contributed by atoms with Crippen molar-refractivity contribution in [2.45, 2.75) is 20.3 Å². The van der Waals surface area contributed by atoms with Gasteiger partial charge in [-0.05, 0) is 12.3 Å². The van der Waals surface area contributed by atoms with E-state index in [1.54, 1.807) is 0 Å². The fraction of sp³-hybridized carbons (Fsp3) is 0.923. The zero-order valence-electron chi connectivity index (χ0n) is 11.7. The average molecular weight is 257 g/mol. The van der Waals surface area contributed by atoms with Crippen molar-refractivity contribution in [2.75, 3.05) is 52.5 Å². The molecule has 5 heteroatoms. The lowest BCUT2D eigenvalue weighted by Gasteiger charge is -2.26. The highest BCUT2D eigenvalue weighted by atomic mass is 16.5. The Morgan fingerprint density at radius 1 is 1.39 bits per heavy atom. The number of carbonyl (C=O) groups is 1. The van der Waals surface area contributed by atoms with Crippen LogP contribution in [0.2, 0.25) is 0 Å². The Hall–Kier alpha value is -0.650. The predicted octanol–water partition coefficient (Wildman–Crippen LogP) is 0.0705. The van der Waals surface area contributed by atoms with Crippen molar-refractivity contribution in [1.29, 1.82) is 0 Å². The van der Waals surface area contributed by atoms with Crippen molar-refractivity contribution in [3.05, 3.63) is 0 Å². The second-order valence-electron chi connectivity index (χ2n) is 5.20. The van der Waals surface area contributed by atoms with Crippen LogP contribution < -0.4 is 10.6 Å². The first-order chi connectivity index (χ1) is 8.68. The number of piperazine rings is 1. The highest BCUT2D eigenvalue weighted by molar-refractivity contribution is 5.77. The highest BCUT2D eigenvalue weighted by Gasteiger charge is 2.12. The predicted molar refractivity (Wildman–Crippen MR) is 72.6 cm³/mol. The van der Waals surface area contributed by atoms with E-state index in [4.69, 9.17) is 4.74 Å². The molecular weight excluding hydrogens is 230 g/mol. The van der Waals surface area contributed by atoms with Gasteiger partial charge < -0.3 is 15.4 Å². The maximum absolute atomic E-state index is 11.6. The smallest absolute Gasteiger partial charge is 0.234 e. The SMILES string of the molecule is CC(C)COCCCNC(=O)CN1CCNCC1. The highest BCUT2D eigenvalue weighted by Crippen LogP contribution is 1.93. The lowest BCUT2D eigenvalue weighted by Crippen LogP contribution is -2.47. The molecule has 5 nitrogen and oxygen atoms in total. The first-order valence-corrected chi connectivity index (χ1v) is 6.96. The number of hydrogen-bond donors (Lipinski definition) is 2. The normalized spacial score (nSPS) is 17.1. The minimum atomic E-state index is 0.126. The Morgan fingerprint density at radius 3 is 2.78 bits per heavy atom. The molecule has 1 amide bonds. The number of amides is 1. The molecule has 0 radical (unpaired) electrons. The minimum Gasteiger partial charge on any atom is -0.381 e. The van der Waals surface area contributed by atoms with Crippen LogP contribution >= 0.6 is 0 Å². The summed E-state index contributed by atoms with van der Waals surface area (Å²) in [7, 11) is 0. The summed E-state index contributed by atoms with van der Waals surface area (Å²) >= 11 is 0. The summed E-state index contributed by atoms with van der Waals surface area (Å²) in [5, 5.41) is 6.21. The monoisotopic (exact) mass is 257 g/mol. The molecule has 0 atom stereocenters. The van der Waals surface area contributed by atoms with Gasteiger partial charge in [0, 0.05) is 45.9 Å². The molecule has 0 aromatic rings. The van der Waals surface area contributed by atoms with Crippen molar-refractivity contribution < 1.29 is 9.53 Å². The second-order valence-corrected chi connectivity index (χ2v) is 5.20. The summed E-state index contributed by atoms with van der Waals surface area (Å²) in [6.45, 7) is 10.9. The minimum absolute atomic E-state index is 0.126. The van der Waals surface area contributed by atoms with Gasteiger partial charge in [0.15, 0.2) is 0 Å². The van der Waals surface area contributed by atoms with E-state index in [9.17, 15) is 4.79 Å². The van der Waals surface area contributed by atoms with E-state index in [0.717, 1.165) is 45.8 Å². The summed E-state index contributed by atoms with van der Waals surface area (Å²) in [6.07, 6.45) is 0.889. The largest absolute Gasteiger partial charge is 0.381 e. The summed E-state index contributed by atoms with van der Waals surface area (Å²) in [5.41, 5.74) is 0. The van der Waals surface area contributed by atoms with E-state index < -0.39 is 0 Å². The summed E-state index contributed by atoms with van der Waals surface area (Å²) < 4.78 is 5.46. The zero-order valence-corrected chi connectivity index (χ0v) is 11.7. The maximum atomic E-state index is 11.6. The van der Waals surface area contributed by atoms with Gasteiger partial charge in [-0.1, -0.05) is 13.8 Å². The number of ether oxygens (including phenoxy) is 1. The van der Waals surface area contributed by atoms with Gasteiger partial charge in [0.1, 0.15) is 0 Å². The molecule has 18 heavy (non-hydrogen) atoms. The van der Waals surface area contributed by atoms with Crippen LogP contribution in [0.1, 0.15) is 20.3 Å². The van der Waals surface area contributed by atoms with Gasteiger partial charge in [-0.25, -0.2) is 0 Å². The van der Waals surface area contributed by atoms with Crippen molar-refractivity contribution in [3.63, 3.8) is 0 Å². The van der Waals surface area contributed by atoms with Gasteiger partial charge in [0.2, 0.25) is 5.91 Å². The van der Waals surface area contributed by atoms with Crippen molar-refractivity contribution in [1.82, 2.24) is 15.5 Å². The topological polar surface area (TPSA) is 53.6 Å². The molecule has 0 bridgehead atoms. The zero-order chi connectivity index (χ0) is 13.2. The number of nitrogens with one attached hydrogen (secondary N) is 2. The average Bonchev–Trinajstić information content (AvgIpc) is 2.34. The number of carbonyl (C=O) groups excluding carboxylic acids is 1. The Labute approximate surface area is 110 Å². The fourth-order valence-electron chi connectivity index (χ4n) is 1.85. The fourth-order valence-corrected chi connectivity index (χ4v) is 1.85. The van der Waals surface area contributed by atoms with Crippen molar-refractivity contribution >= 4 is 5.91 Å². The molecule has 0 saturated carbocycles. The summed E-state index contributed by atoms with van der Waals surface area (Å²) in [5.74, 6) is 0.702. The Balaban J connectivity index is 1.93. The van der Waals surface area contributed by atoms with Crippen LogP contribution in [0.15, 0.2) is 0 Å². The van der Waals surface area contributed by atoms with Gasteiger partial charge in [-0.2, -0.15) is 0 Å². The van der Waals surface area contributed by atoms with E-state index in [2.05, 4.69) is 29.4 Å². The third-order valence-electron chi connectivity index (χ3n) is 2.82. The van der Waals surface area contributed by atoms with E-state index in [0.29, 0.717) is 19.0 Å². The summed E-state index contributed by atoms with van der Waals surface area (Å²) in [6, 6.07) is 0. The van der Waals surface area contributed by atoms with Crippen LogP contribution in [0.25, 0.3) is 0 Å². The van der Waals surface area contributed by atoms with E-state index in [1.807, 2.05) is 0 Å². The van der Waals surface area contributed by atoms with Gasteiger partial charge in [-0.15, -0.1) is 0 Å². The van der Waals surface area contributed by atoms with Crippen LogP contribution in [0.4, 0.5) is 0 Å². The summed E-state index contributed by atoms with van der Waals surface area (Å²) in [4.78, 5) is 13.8. The molecule has 1 aliphatic rings. The van der Waals surface area contributed by atoms with E-state index in [1.165, 1.54) is 0 Å². The third-order valence-corrected chi connectivity index (χ3v) is 2.82. The molecule has 1 heterocycles. The molecule has 1 fully saturated rings. The molecule has 1 saturated heterocycles. The number of hydrogen-bond acceptors (Lipinski definition) is 4. The first kappa shape index (κ1) is 15.4. The molecule has 0 aromatic heterocycles.